The fourth-order valence-electron chi connectivity index (χ4n) is 3.11. The standard InChI is InChI=1S/C15H19ClN2O2S/c1-10-5-11(2)7-13(6-10)18-21(19,20)15-4-3-12(9-17)8-14(15)16/h3-4,8,10-11,13,18H,5-7H2,1-2H3. The quantitative estimate of drug-likeness (QED) is 0.926. The highest BCUT2D eigenvalue weighted by Crippen LogP contribution is 2.30. The van der Waals surface area contributed by atoms with Crippen LogP contribution in [0.2, 0.25) is 5.02 Å². The number of nitriles is 1. The van der Waals surface area contributed by atoms with Crippen molar-refractivity contribution in [2.24, 2.45) is 11.8 Å². The van der Waals surface area contributed by atoms with Gasteiger partial charge in [0.2, 0.25) is 10.0 Å². The largest absolute Gasteiger partial charge is 0.242 e. The van der Waals surface area contributed by atoms with Crippen molar-refractivity contribution in [3.63, 3.8) is 0 Å². The van der Waals surface area contributed by atoms with Crippen LogP contribution in [-0.4, -0.2) is 14.5 Å². The van der Waals surface area contributed by atoms with E-state index in [0.717, 1.165) is 19.3 Å². The van der Waals surface area contributed by atoms with Gasteiger partial charge in [-0.15, -0.1) is 0 Å². The van der Waals surface area contributed by atoms with Crippen molar-refractivity contribution in [2.75, 3.05) is 0 Å². The van der Waals surface area contributed by atoms with Crippen LogP contribution in [0.15, 0.2) is 23.1 Å². The molecule has 1 fully saturated rings. The molecule has 1 aromatic rings. The van der Waals surface area contributed by atoms with E-state index in [-0.39, 0.29) is 16.0 Å². The summed E-state index contributed by atoms with van der Waals surface area (Å²) in [6, 6.07) is 6.11. The molecule has 4 nitrogen and oxygen atoms in total. The van der Waals surface area contributed by atoms with Gasteiger partial charge in [-0.05, 0) is 49.3 Å². The zero-order valence-electron chi connectivity index (χ0n) is 12.1. The second-order valence-corrected chi connectivity index (χ2v) is 8.08. The lowest BCUT2D eigenvalue weighted by atomic mass is 9.81. The van der Waals surface area contributed by atoms with Gasteiger partial charge >= 0.3 is 0 Å². The average molecular weight is 327 g/mol. The van der Waals surface area contributed by atoms with Crippen LogP contribution in [0, 0.1) is 23.2 Å². The molecule has 2 atom stereocenters. The molecule has 0 amide bonds. The second-order valence-electron chi connectivity index (χ2n) is 5.99. The van der Waals surface area contributed by atoms with E-state index < -0.39 is 10.0 Å². The summed E-state index contributed by atoms with van der Waals surface area (Å²) in [7, 11) is -3.65. The van der Waals surface area contributed by atoms with Crippen LogP contribution < -0.4 is 4.72 Å². The molecule has 2 unspecified atom stereocenters. The van der Waals surface area contributed by atoms with Crippen LogP contribution in [0.3, 0.4) is 0 Å². The third kappa shape index (κ3) is 3.97. The van der Waals surface area contributed by atoms with Gasteiger partial charge in [0.15, 0.2) is 0 Å². The topological polar surface area (TPSA) is 70.0 Å². The smallest absolute Gasteiger partial charge is 0.208 e. The van der Waals surface area contributed by atoms with E-state index in [1.165, 1.54) is 18.2 Å². The van der Waals surface area contributed by atoms with Gasteiger partial charge in [0.25, 0.3) is 0 Å². The molecule has 0 radical (unpaired) electrons. The molecule has 0 aliphatic heterocycles. The molecule has 1 aliphatic rings. The monoisotopic (exact) mass is 326 g/mol. The lowest BCUT2D eigenvalue weighted by molar-refractivity contribution is 0.257. The molecule has 0 saturated heterocycles. The van der Waals surface area contributed by atoms with E-state index in [9.17, 15) is 8.42 Å². The maximum absolute atomic E-state index is 12.5. The molecule has 21 heavy (non-hydrogen) atoms. The first-order chi connectivity index (χ1) is 9.81. The molecule has 6 heteroatoms. The Morgan fingerprint density at radius 1 is 1.24 bits per heavy atom. The number of benzene rings is 1. The highest BCUT2D eigenvalue weighted by atomic mass is 35.5. The summed E-state index contributed by atoms with van der Waals surface area (Å²) in [4.78, 5) is 0.0362. The van der Waals surface area contributed by atoms with Crippen LogP contribution in [0.4, 0.5) is 0 Å². The van der Waals surface area contributed by atoms with Crippen LogP contribution in [0.25, 0.3) is 0 Å². The highest BCUT2D eigenvalue weighted by molar-refractivity contribution is 7.89. The number of rotatable bonds is 3. The van der Waals surface area contributed by atoms with Gasteiger partial charge in [0.05, 0.1) is 16.7 Å². The lowest BCUT2D eigenvalue weighted by Crippen LogP contribution is -2.40. The Morgan fingerprint density at radius 3 is 2.38 bits per heavy atom. The van der Waals surface area contributed by atoms with Crippen molar-refractivity contribution in [3.8, 4) is 6.07 Å². The van der Waals surface area contributed by atoms with E-state index >= 15 is 0 Å². The molecule has 1 saturated carbocycles. The molecule has 0 aromatic heterocycles. The van der Waals surface area contributed by atoms with Gasteiger partial charge in [-0.3, -0.25) is 0 Å². The third-order valence-corrected chi connectivity index (χ3v) is 5.85. The summed E-state index contributed by atoms with van der Waals surface area (Å²) < 4.78 is 27.7. The zero-order chi connectivity index (χ0) is 15.6. The summed E-state index contributed by atoms with van der Waals surface area (Å²) in [6.07, 6.45) is 2.82. The molecule has 1 N–H and O–H groups in total. The minimum absolute atomic E-state index is 0.0362. The lowest BCUT2D eigenvalue weighted by Gasteiger charge is -2.31. The fraction of sp³-hybridized carbons (Fsp3) is 0.533. The predicted molar refractivity (Wildman–Crippen MR) is 82.5 cm³/mol. The first kappa shape index (κ1) is 16.3. The number of halogens is 1. The van der Waals surface area contributed by atoms with E-state index in [1.807, 2.05) is 6.07 Å². The van der Waals surface area contributed by atoms with Crippen LogP contribution in [-0.2, 0) is 10.0 Å². The summed E-state index contributed by atoms with van der Waals surface area (Å²) >= 11 is 6.00. The first-order valence-electron chi connectivity index (χ1n) is 7.04. The highest BCUT2D eigenvalue weighted by Gasteiger charge is 2.28. The Labute approximate surface area is 131 Å². The van der Waals surface area contributed by atoms with Crippen molar-refractivity contribution < 1.29 is 8.42 Å². The van der Waals surface area contributed by atoms with Gasteiger partial charge < -0.3 is 0 Å². The van der Waals surface area contributed by atoms with Crippen molar-refractivity contribution in [1.82, 2.24) is 4.72 Å². The van der Waals surface area contributed by atoms with Crippen molar-refractivity contribution in [2.45, 2.75) is 44.0 Å². The maximum atomic E-state index is 12.5. The van der Waals surface area contributed by atoms with Crippen molar-refractivity contribution in [1.29, 1.82) is 5.26 Å². The molecule has 1 aliphatic carbocycles. The van der Waals surface area contributed by atoms with E-state index in [4.69, 9.17) is 16.9 Å². The average Bonchev–Trinajstić information content (AvgIpc) is 2.36. The van der Waals surface area contributed by atoms with E-state index in [0.29, 0.717) is 17.4 Å². The van der Waals surface area contributed by atoms with Crippen LogP contribution in [0.1, 0.15) is 38.7 Å². The van der Waals surface area contributed by atoms with Gasteiger partial charge in [-0.1, -0.05) is 25.4 Å². The molecule has 0 spiro atoms. The summed E-state index contributed by atoms with van der Waals surface area (Å²) in [5, 5.41) is 8.88. The summed E-state index contributed by atoms with van der Waals surface area (Å²) in [5.41, 5.74) is 0.346. The minimum atomic E-state index is -3.65. The molecular formula is C15H19ClN2O2S. The van der Waals surface area contributed by atoms with Gasteiger partial charge in [-0.2, -0.15) is 5.26 Å². The molecule has 114 valence electrons. The molecule has 1 aromatic carbocycles. The van der Waals surface area contributed by atoms with Crippen LogP contribution >= 0.6 is 11.6 Å². The SMILES string of the molecule is CC1CC(C)CC(NS(=O)(=O)c2ccc(C#N)cc2Cl)C1. The number of hydrogen-bond acceptors (Lipinski definition) is 3. The Balaban J connectivity index is 2.21. The fourth-order valence-corrected chi connectivity index (χ4v) is 4.92. The normalized spacial score (nSPS) is 26.3. The zero-order valence-corrected chi connectivity index (χ0v) is 13.7. The molecule has 0 bridgehead atoms. The molecular weight excluding hydrogens is 308 g/mol. The maximum Gasteiger partial charge on any atom is 0.242 e. The number of nitrogens with zero attached hydrogens (tertiary/aromatic N) is 1. The van der Waals surface area contributed by atoms with E-state index in [1.54, 1.807) is 0 Å². The van der Waals surface area contributed by atoms with Gasteiger partial charge in [-0.25, -0.2) is 13.1 Å². The third-order valence-electron chi connectivity index (χ3n) is 3.85. The Hall–Kier alpha value is -1.09. The molecule has 2 rings (SSSR count). The number of sulfonamides is 1. The van der Waals surface area contributed by atoms with E-state index in [2.05, 4.69) is 18.6 Å². The summed E-state index contributed by atoms with van der Waals surface area (Å²) in [5.74, 6) is 1.02. The Kier molecular flexibility index (Phi) is 4.92. The predicted octanol–water partition coefficient (Wildman–Crippen LogP) is 3.31. The van der Waals surface area contributed by atoms with Crippen molar-refractivity contribution >= 4 is 21.6 Å². The minimum Gasteiger partial charge on any atom is -0.208 e. The molecule has 0 heterocycles. The number of hydrogen-bond donors (Lipinski definition) is 1. The Morgan fingerprint density at radius 2 is 1.86 bits per heavy atom. The number of nitrogens with one attached hydrogen (secondary N) is 1. The van der Waals surface area contributed by atoms with Gasteiger partial charge in [0.1, 0.15) is 4.90 Å². The Bertz CT molecular complexity index is 657. The van der Waals surface area contributed by atoms with Crippen molar-refractivity contribution in [3.05, 3.63) is 28.8 Å². The second kappa shape index (κ2) is 6.35. The van der Waals surface area contributed by atoms with Crippen LogP contribution in [0.5, 0.6) is 0 Å². The van der Waals surface area contributed by atoms with Gasteiger partial charge in [0, 0.05) is 6.04 Å². The summed E-state index contributed by atoms with van der Waals surface area (Å²) in [6.45, 7) is 4.29. The first-order valence-corrected chi connectivity index (χ1v) is 8.90.